The smallest absolute Gasteiger partial charge is 0.257 e. The fourth-order valence-electron chi connectivity index (χ4n) is 3.46. The maximum Gasteiger partial charge on any atom is 0.257 e. The average Bonchev–Trinajstić information content (AvgIpc) is 2.79. The number of aryl methyl sites for hydroxylation is 1. The fraction of sp³-hybridized carbons (Fsp3) is 0.292. The van der Waals surface area contributed by atoms with Crippen molar-refractivity contribution in [3.8, 4) is 17.1 Å². The second-order valence-electron chi connectivity index (χ2n) is 7.29. The SMILES string of the molecule is COc1ccc(C(C)NC(=O)Cn2c(-c3ccccc3)nc(C)c(CCO)c2=O)cc1. The number of nitrogens with zero attached hydrogens (tertiary/aromatic N) is 2. The number of nitrogens with one attached hydrogen (secondary N) is 1. The van der Waals surface area contributed by atoms with E-state index in [0.717, 1.165) is 16.9 Å². The molecule has 3 rings (SSSR count). The molecule has 1 atom stereocenters. The summed E-state index contributed by atoms with van der Waals surface area (Å²) in [4.78, 5) is 30.6. The number of amides is 1. The minimum atomic E-state index is -0.312. The van der Waals surface area contributed by atoms with Gasteiger partial charge in [-0.05, 0) is 31.5 Å². The molecule has 0 saturated carbocycles. The van der Waals surface area contributed by atoms with Gasteiger partial charge in [0.05, 0.1) is 13.2 Å². The van der Waals surface area contributed by atoms with Gasteiger partial charge in [0.15, 0.2) is 0 Å². The van der Waals surface area contributed by atoms with Crippen LogP contribution in [0.25, 0.3) is 11.4 Å². The molecule has 162 valence electrons. The molecule has 0 saturated heterocycles. The summed E-state index contributed by atoms with van der Waals surface area (Å²) in [6, 6.07) is 16.5. The van der Waals surface area contributed by atoms with E-state index < -0.39 is 0 Å². The standard InChI is InChI=1S/C24H27N3O4/c1-16(18-9-11-20(31-3)12-10-18)25-22(29)15-27-23(19-7-5-4-6-8-19)26-17(2)21(13-14-28)24(27)30/h4-12,16,28H,13-15H2,1-3H3,(H,25,29). The zero-order chi connectivity index (χ0) is 22.4. The molecule has 0 fully saturated rings. The van der Waals surface area contributed by atoms with Gasteiger partial charge in [0, 0.05) is 29.8 Å². The summed E-state index contributed by atoms with van der Waals surface area (Å²) >= 11 is 0. The average molecular weight is 421 g/mol. The van der Waals surface area contributed by atoms with E-state index in [-0.39, 0.29) is 37.1 Å². The van der Waals surface area contributed by atoms with Crippen LogP contribution in [0.3, 0.4) is 0 Å². The molecule has 0 aliphatic heterocycles. The molecule has 2 aromatic carbocycles. The van der Waals surface area contributed by atoms with Crippen LogP contribution in [0.4, 0.5) is 0 Å². The van der Waals surface area contributed by atoms with E-state index in [1.807, 2.05) is 61.5 Å². The first-order valence-electron chi connectivity index (χ1n) is 10.1. The van der Waals surface area contributed by atoms with E-state index in [0.29, 0.717) is 17.1 Å². The highest BCUT2D eigenvalue weighted by Crippen LogP contribution is 2.19. The Hall–Kier alpha value is -3.45. The van der Waals surface area contributed by atoms with Gasteiger partial charge in [-0.3, -0.25) is 14.2 Å². The molecule has 0 aliphatic carbocycles. The molecule has 1 aromatic heterocycles. The highest BCUT2D eigenvalue weighted by molar-refractivity contribution is 5.77. The van der Waals surface area contributed by atoms with Crippen LogP contribution < -0.4 is 15.6 Å². The monoisotopic (exact) mass is 421 g/mol. The predicted octanol–water partition coefficient (Wildman–Crippen LogP) is 2.64. The van der Waals surface area contributed by atoms with E-state index in [1.165, 1.54) is 4.57 Å². The molecule has 1 unspecified atom stereocenters. The summed E-state index contributed by atoms with van der Waals surface area (Å²) in [7, 11) is 1.60. The van der Waals surface area contributed by atoms with E-state index in [4.69, 9.17) is 4.74 Å². The van der Waals surface area contributed by atoms with Crippen LogP contribution in [0.2, 0.25) is 0 Å². The molecule has 0 bridgehead atoms. The van der Waals surface area contributed by atoms with Gasteiger partial charge < -0.3 is 15.2 Å². The van der Waals surface area contributed by atoms with Crippen molar-refractivity contribution in [2.75, 3.05) is 13.7 Å². The second-order valence-corrected chi connectivity index (χ2v) is 7.29. The molecular weight excluding hydrogens is 394 g/mol. The van der Waals surface area contributed by atoms with Crippen LogP contribution in [0, 0.1) is 6.92 Å². The number of aliphatic hydroxyl groups excluding tert-OH is 1. The molecule has 3 aromatic rings. The highest BCUT2D eigenvalue weighted by Gasteiger charge is 2.18. The summed E-state index contributed by atoms with van der Waals surface area (Å²) in [5.41, 5.74) is 2.33. The topological polar surface area (TPSA) is 93.4 Å². The number of hydrogen-bond donors (Lipinski definition) is 2. The summed E-state index contributed by atoms with van der Waals surface area (Å²) in [6.45, 7) is 3.29. The van der Waals surface area contributed by atoms with Gasteiger partial charge in [0.1, 0.15) is 18.1 Å². The lowest BCUT2D eigenvalue weighted by molar-refractivity contribution is -0.122. The Bertz CT molecular complexity index is 1090. The molecule has 7 nitrogen and oxygen atoms in total. The Kier molecular flexibility index (Phi) is 7.20. The minimum Gasteiger partial charge on any atom is -0.497 e. The molecule has 31 heavy (non-hydrogen) atoms. The lowest BCUT2D eigenvalue weighted by atomic mass is 10.1. The molecular formula is C24H27N3O4. The number of aliphatic hydroxyl groups is 1. The molecule has 1 heterocycles. The molecule has 0 aliphatic rings. The van der Waals surface area contributed by atoms with E-state index in [1.54, 1.807) is 14.0 Å². The number of methoxy groups -OCH3 is 1. The molecule has 7 heteroatoms. The van der Waals surface area contributed by atoms with Crippen LogP contribution in [-0.4, -0.2) is 34.3 Å². The second kappa shape index (κ2) is 10.0. The van der Waals surface area contributed by atoms with Crippen LogP contribution in [-0.2, 0) is 17.8 Å². The quantitative estimate of drug-likeness (QED) is 0.583. The largest absolute Gasteiger partial charge is 0.497 e. The third-order valence-corrected chi connectivity index (χ3v) is 5.16. The summed E-state index contributed by atoms with van der Waals surface area (Å²) in [5.74, 6) is 0.865. The summed E-state index contributed by atoms with van der Waals surface area (Å²) in [6.07, 6.45) is 0.191. The van der Waals surface area contributed by atoms with Crippen LogP contribution in [0.5, 0.6) is 5.75 Å². The molecule has 1 amide bonds. The van der Waals surface area contributed by atoms with Crippen molar-refractivity contribution >= 4 is 5.91 Å². The Morgan fingerprint density at radius 2 is 1.84 bits per heavy atom. The Balaban J connectivity index is 1.90. The minimum absolute atomic E-state index is 0.164. The van der Waals surface area contributed by atoms with Gasteiger partial charge in [-0.2, -0.15) is 0 Å². The van der Waals surface area contributed by atoms with Gasteiger partial charge in [0.25, 0.3) is 5.56 Å². The number of hydrogen-bond acceptors (Lipinski definition) is 5. The summed E-state index contributed by atoms with van der Waals surface area (Å²) < 4.78 is 6.55. The summed E-state index contributed by atoms with van der Waals surface area (Å²) in [5, 5.41) is 12.3. The number of ether oxygens (including phenoxy) is 1. The maximum absolute atomic E-state index is 13.2. The fourth-order valence-corrected chi connectivity index (χ4v) is 3.46. The maximum atomic E-state index is 13.2. The zero-order valence-electron chi connectivity index (χ0n) is 18.0. The predicted molar refractivity (Wildman–Crippen MR) is 119 cm³/mol. The van der Waals surface area contributed by atoms with Crippen LogP contribution in [0.1, 0.15) is 29.8 Å². The molecule has 0 radical (unpaired) electrons. The van der Waals surface area contributed by atoms with Crippen molar-refractivity contribution in [2.45, 2.75) is 32.9 Å². The van der Waals surface area contributed by atoms with Crippen LogP contribution >= 0.6 is 0 Å². The number of rotatable bonds is 8. The van der Waals surface area contributed by atoms with Crippen molar-refractivity contribution in [2.24, 2.45) is 0 Å². The first kappa shape index (κ1) is 22.2. The third-order valence-electron chi connectivity index (χ3n) is 5.16. The van der Waals surface area contributed by atoms with Crippen LogP contribution in [0.15, 0.2) is 59.4 Å². The number of carbonyl (C=O) groups is 1. The van der Waals surface area contributed by atoms with Gasteiger partial charge in [-0.15, -0.1) is 0 Å². The number of benzene rings is 2. The molecule has 2 N–H and O–H groups in total. The first-order valence-corrected chi connectivity index (χ1v) is 10.1. The third kappa shape index (κ3) is 5.19. The highest BCUT2D eigenvalue weighted by atomic mass is 16.5. The van der Waals surface area contributed by atoms with E-state index in [9.17, 15) is 14.7 Å². The molecule has 0 spiro atoms. The Morgan fingerprint density at radius 1 is 1.16 bits per heavy atom. The van der Waals surface area contributed by atoms with Crippen molar-refractivity contribution in [3.63, 3.8) is 0 Å². The van der Waals surface area contributed by atoms with Gasteiger partial charge in [0.2, 0.25) is 5.91 Å². The Labute approximate surface area is 181 Å². The zero-order valence-corrected chi connectivity index (χ0v) is 18.0. The van der Waals surface area contributed by atoms with Gasteiger partial charge in [-0.25, -0.2) is 4.98 Å². The number of aromatic nitrogens is 2. The Morgan fingerprint density at radius 3 is 2.45 bits per heavy atom. The van der Waals surface area contributed by atoms with E-state index >= 15 is 0 Å². The van der Waals surface area contributed by atoms with Crippen molar-refractivity contribution in [1.29, 1.82) is 0 Å². The van der Waals surface area contributed by atoms with Crippen molar-refractivity contribution in [1.82, 2.24) is 14.9 Å². The van der Waals surface area contributed by atoms with Gasteiger partial charge in [-0.1, -0.05) is 42.5 Å². The normalized spacial score (nSPS) is 11.7. The lowest BCUT2D eigenvalue weighted by Gasteiger charge is -2.18. The number of carbonyl (C=O) groups excluding carboxylic acids is 1. The van der Waals surface area contributed by atoms with Gasteiger partial charge >= 0.3 is 0 Å². The first-order chi connectivity index (χ1) is 14.9. The van der Waals surface area contributed by atoms with Crippen molar-refractivity contribution in [3.05, 3.63) is 81.8 Å². The van der Waals surface area contributed by atoms with Crippen molar-refractivity contribution < 1.29 is 14.6 Å². The lowest BCUT2D eigenvalue weighted by Crippen LogP contribution is -2.36. The van der Waals surface area contributed by atoms with E-state index in [2.05, 4.69) is 10.3 Å².